The van der Waals surface area contributed by atoms with Crippen molar-refractivity contribution >= 4 is 21.7 Å². The molecule has 1 aliphatic heterocycles. The molecule has 2 atom stereocenters. The van der Waals surface area contributed by atoms with Crippen LogP contribution in [0, 0.1) is 0 Å². The highest BCUT2D eigenvalue weighted by Gasteiger charge is 2.32. The van der Waals surface area contributed by atoms with Crippen LogP contribution in [0.3, 0.4) is 0 Å². The fourth-order valence-corrected chi connectivity index (χ4v) is 5.38. The van der Waals surface area contributed by atoms with E-state index in [0.29, 0.717) is 24.5 Å². The van der Waals surface area contributed by atoms with Crippen molar-refractivity contribution in [3.63, 3.8) is 0 Å². The van der Waals surface area contributed by atoms with Gasteiger partial charge in [0.05, 0.1) is 28.3 Å². The first-order valence-electron chi connectivity index (χ1n) is 11.3. The summed E-state index contributed by atoms with van der Waals surface area (Å²) in [7, 11) is -3.66. The number of nitrogens with one attached hydrogen (secondary N) is 1. The lowest BCUT2D eigenvalue weighted by Crippen LogP contribution is -2.48. The zero-order chi connectivity index (χ0) is 24.8. The summed E-state index contributed by atoms with van der Waals surface area (Å²) in [5, 5.41) is 7.66. The maximum atomic E-state index is 13.1. The van der Waals surface area contributed by atoms with Crippen molar-refractivity contribution in [2.75, 3.05) is 18.4 Å². The van der Waals surface area contributed by atoms with Crippen molar-refractivity contribution < 1.29 is 17.9 Å². The monoisotopic (exact) mass is 476 g/mol. The Kier molecular flexibility index (Phi) is 6.81. The largest absolute Gasteiger partial charge is 0.373 e. The number of amides is 1. The number of carbonyl (C=O) groups is 1. The van der Waals surface area contributed by atoms with Crippen LogP contribution in [-0.4, -0.2) is 53.7 Å². The fraction of sp³-hybridized carbons (Fsp3) is 0.583. The molecule has 1 N–H and O–H groups in total. The number of rotatable bonds is 4. The predicted molar refractivity (Wildman–Crippen MR) is 129 cm³/mol. The van der Waals surface area contributed by atoms with E-state index in [1.165, 1.54) is 28.6 Å². The molecule has 0 spiro atoms. The van der Waals surface area contributed by atoms with Gasteiger partial charge in [-0.3, -0.25) is 4.79 Å². The highest BCUT2D eigenvalue weighted by molar-refractivity contribution is 7.89. The standard InChI is InChI=1S/C24H36N4O4S/c1-16-14-27(15-17(2)32-16)33(30,31)19-11-9-18(10-12-19)22(29)25-21-13-20(23(3,4)5)26-28(21)24(6,7)8/h9-13,16-17H,14-15H2,1-8H3,(H,25,29). The van der Waals surface area contributed by atoms with E-state index >= 15 is 0 Å². The first kappa shape index (κ1) is 25.4. The SMILES string of the molecule is CC1CN(S(=O)(=O)c2ccc(C(=O)Nc3cc(C(C)(C)C)nn3C(C)(C)C)cc2)CC(C)O1. The highest BCUT2D eigenvalue weighted by Crippen LogP contribution is 2.29. The molecule has 33 heavy (non-hydrogen) atoms. The number of benzene rings is 1. The second-order valence-corrected chi connectivity index (χ2v) is 12.7. The summed E-state index contributed by atoms with van der Waals surface area (Å²) in [6.45, 7) is 16.6. The summed E-state index contributed by atoms with van der Waals surface area (Å²) in [6, 6.07) is 7.94. The molecule has 2 unspecified atom stereocenters. The molecule has 0 saturated carbocycles. The summed E-state index contributed by atoms with van der Waals surface area (Å²) in [6.07, 6.45) is -0.335. The molecule has 8 nitrogen and oxygen atoms in total. The quantitative estimate of drug-likeness (QED) is 0.720. The third-order valence-electron chi connectivity index (χ3n) is 5.50. The number of morpholine rings is 1. The van der Waals surface area contributed by atoms with Crippen molar-refractivity contribution in [2.45, 2.75) is 83.4 Å². The lowest BCUT2D eigenvalue weighted by atomic mass is 9.92. The van der Waals surface area contributed by atoms with E-state index in [9.17, 15) is 13.2 Å². The van der Waals surface area contributed by atoms with Crippen molar-refractivity contribution in [3.8, 4) is 0 Å². The number of anilines is 1. The lowest BCUT2D eigenvalue weighted by Gasteiger charge is -2.34. The number of hydrogen-bond acceptors (Lipinski definition) is 5. The average molecular weight is 477 g/mol. The van der Waals surface area contributed by atoms with Gasteiger partial charge in [0.15, 0.2) is 0 Å². The number of nitrogens with zero attached hydrogens (tertiary/aromatic N) is 3. The predicted octanol–water partition coefficient (Wildman–Crippen LogP) is 3.99. The van der Waals surface area contributed by atoms with Crippen LogP contribution in [-0.2, 0) is 25.7 Å². The summed E-state index contributed by atoms with van der Waals surface area (Å²) in [5.41, 5.74) is 0.761. The normalized spacial score (nSPS) is 20.6. The van der Waals surface area contributed by atoms with E-state index in [-0.39, 0.29) is 34.0 Å². The third kappa shape index (κ3) is 5.65. The molecular weight excluding hydrogens is 440 g/mol. The van der Waals surface area contributed by atoms with Crippen molar-refractivity contribution in [3.05, 3.63) is 41.6 Å². The third-order valence-corrected chi connectivity index (χ3v) is 7.34. The Morgan fingerprint density at radius 2 is 1.58 bits per heavy atom. The second kappa shape index (κ2) is 8.85. The van der Waals surface area contributed by atoms with E-state index < -0.39 is 10.0 Å². The molecule has 3 rings (SSSR count). The minimum Gasteiger partial charge on any atom is -0.373 e. The van der Waals surface area contributed by atoms with Gasteiger partial charge in [-0.1, -0.05) is 20.8 Å². The minimum absolute atomic E-state index is 0.162. The number of ether oxygens (including phenoxy) is 1. The molecule has 2 heterocycles. The molecule has 0 radical (unpaired) electrons. The van der Waals surface area contributed by atoms with Crippen LogP contribution in [0.5, 0.6) is 0 Å². The smallest absolute Gasteiger partial charge is 0.256 e. The van der Waals surface area contributed by atoms with Gasteiger partial charge in [0.25, 0.3) is 5.91 Å². The van der Waals surface area contributed by atoms with Crippen LogP contribution in [0.4, 0.5) is 5.82 Å². The molecule has 1 saturated heterocycles. The van der Waals surface area contributed by atoms with Crippen molar-refractivity contribution in [2.24, 2.45) is 0 Å². The van der Waals surface area contributed by atoms with Gasteiger partial charge in [0, 0.05) is 30.1 Å². The molecule has 1 amide bonds. The van der Waals surface area contributed by atoms with Gasteiger partial charge in [-0.15, -0.1) is 0 Å². The molecule has 0 bridgehead atoms. The molecule has 0 aliphatic carbocycles. The Bertz CT molecular complexity index is 1100. The Morgan fingerprint density at radius 3 is 2.06 bits per heavy atom. The molecule has 1 aliphatic rings. The van der Waals surface area contributed by atoms with Gasteiger partial charge < -0.3 is 10.1 Å². The Balaban J connectivity index is 1.82. The second-order valence-electron chi connectivity index (χ2n) is 10.8. The van der Waals surface area contributed by atoms with Crippen LogP contribution < -0.4 is 5.32 Å². The fourth-order valence-electron chi connectivity index (χ4n) is 3.79. The zero-order valence-corrected chi connectivity index (χ0v) is 21.7. The summed E-state index contributed by atoms with van der Waals surface area (Å²) < 4.78 is 35.0. The van der Waals surface area contributed by atoms with Crippen LogP contribution in [0.15, 0.2) is 35.2 Å². The molecule has 182 valence electrons. The van der Waals surface area contributed by atoms with Gasteiger partial charge in [-0.2, -0.15) is 9.40 Å². The van der Waals surface area contributed by atoms with E-state index in [1.54, 1.807) is 0 Å². The van der Waals surface area contributed by atoms with E-state index in [1.807, 2.05) is 45.4 Å². The van der Waals surface area contributed by atoms with Crippen molar-refractivity contribution in [1.29, 1.82) is 0 Å². The van der Waals surface area contributed by atoms with Crippen LogP contribution in [0.25, 0.3) is 0 Å². The zero-order valence-electron chi connectivity index (χ0n) is 20.8. The Labute approximate surface area is 197 Å². The van der Waals surface area contributed by atoms with Gasteiger partial charge >= 0.3 is 0 Å². The minimum atomic E-state index is -3.66. The van der Waals surface area contributed by atoms with Crippen LogP contribution >= 0.6 is 0 Å². The maximum Gasteiger partial charge on any atom is 0.256 e. The molecule has 1 fully saturated rings. The first-order valence-corrected chi connectivity index (χ1v) is 12.7. The Morgan fingerprint density at radius 1 is 1.03 bits per heavy atom. The topological polar surface area (TPSA) is 93.5 Å². The van der Waals surface area contributed by atoms with Gasteiger partial charge in [-0.25, -0.2) is 13.1 Å². The summed E-state index contributed by atoms with van der Waals surface area (Å²) >= 11 is 0. The first-order chi connectivity index (χ1) is 15.1. The summed E-state index contributed by atoms with van der Waals surface area (Å²) in [4.78, 5) is 13.1. The number of hydrogen-bond donors (Lipinski definition) is 1. The number of aromatic nitrogens is 2. The Hall–Kier alpha value is -2.23. The van der Waals surface area contributed by atoms with Gasteiger partial charge in [0.2, 0.25) is 10.0 Å². The lowest BCUT2D eigenvalue weighted by molar-refractivity contribution is -0.0440. The van der Waals surface area contributed by atoms with E-state index in [0.717, 1.165) is 5.69 Å². The van der Waals surface area contributed by atoms with E-state index in [2.05, 4.69) is 26.1 Å². The molecule has 9 heteroatoms. The average Bonchev–Trinajstić information content (AvgIpc) is 3.12. The van der Waals surface area contributed by atoms with Crippen molar-refractivity contribution in [1.82, 2.24) is 14.1 Å². The number of sulfonamides is 1. The maximum absolute atomic E-state index is 13.1. The molecule has 1 aromatic carbocycles. The molecule has 1 aromatic heterocycles. The van der Waals surface area contributed by atoms with E-state index in [4.69, 9.17) is 9.84 Å². The molecular formula is C24H36N4O4S. The van der Waals surface area contributed by atoms with Gasteiger partial charge in [0.1, 0.15) is 5.82 Å². The molecule has 2 aromatic rings. The highest BCUT2D eigenvalue weighted by atomic mass is 32.2. The van der Waals surface area contributed by atoms with Gasteiger partial charge in [-0.05, 0) is 58.9 Å². The number of carbonyl (C=O) groups excluding carboxylic acids is 1. The van der Waals surface area contributed by atoms with Crippen LogP contribution in [0.2, 0.25) is 0 Å². The summed E-state index contributed by atoms with van der Waals surface area (Å²) in [5.74, 6) is 0.281. The van der Waals surface area contributed by atoms with Crippen LogP contribution in [0.1, 0.15) is 71.4 Å².